The van der Waals surface area contributed by atoms with Crippen molar-refractivity contribution in [3.05, 3.63) is 65.2 Å². The Morgan fingerprint density at radius 3 is 1.79 bits per heavy atom. The molecule has 0 saturated carbocycles. The van der Waals surface area contributed by atoms with Crippen LogP contribution in [0.15, 0.2) is 84.8 Å². The van der Waals surface area contributed by atoms with Gasteiger partial charge in [0.05, 0.1) is 16.4 Å². The van der Waals surface area contributed by atoms with E-state index in [1.54, 1.807) is 0 Å². The molecule has 0 aliphatic heterocycles. The maximum Gasteiger partial charge on any atom is 0.358 e. The number of hydrogen-bond donors (Lipinski definition) is 8. The van der Waals surface area contributed by atoms with Crippen molar-refractivity contribution in [3.8, 4) is 11.5 Å². The number of nitrogens with one attached hydrogen (secondary N) is 1. The number of fused-ring (bicyclic) bond motifs is 1. The van der Waals surface area contributed by atoms with Gasteiger partial charge in [-0.2, -0.15) is 21.9 Å². The van der Waals surface area contributed by atoms with Gasteiger partial charge in [0.15, 0.2) is 11.5 Å². The van der Waals surface area contributed by atoms with Gasteiger partial charge < -0.3 is 30.4 Å². The number of carboxylic acid groups (broad SMARTS) is 1. The van der Waals surface area contributed by atoms with Gasteiger partial charge in [0, 0.05) is 10.6 Å². The summed E-state index contributed by atoms with van der Waals surface area (Å²) in [5.41, 5.74) is -2.65. The normalized spacial score (nSPS) is 12.6. The van der Waals surface area contributed by atoms with Crippen LogP contribution in [0.1, 0.15) is 10.4 Å². The number of carbonyl (C=O) groups excluding carboxylic acids is 1. The van der Waals surface area contributed by atoms with E-state index in [0.29, 0.717) is 12.1 Å². The number of amides is 1. The van der Waals surface area contributed by atoms with Gasteiger partial charge in [-0.1, -0.05) is 11.6 Å². The van der Waals surface area contributed by atoms with Crippen LogP contribution < -0.4 is 10.6 Å². The van der Waals surface area contributed by atoms with Crippen LogP contribution in [-0.4, -0.2) is 69.5 Å². The van der Waals surface area contributed by atoms with E-state index in [9.17, 15) is 60.1 Å². The number of carbonyl (C=O) groups is 2. The zero-order chi connectivity index (χ0) is 35.8. The highest BCUT2D eigenvalue weighted by atomic mass is 35.5. The summed E-state index contributed by atoms with van der Waals surface area (Å²) in [5.74, 6) is -4.48. The van der Waals surface area contributed by atoms with E-state index >= 15 is 0 Å². The van der Waals surface area contributed by atoms with Crippen LogP contribution >= 0.6 is 19.2 Å². The molecule has 8 N–H and O–H groups in total. The Bertz CT molecular complexity index is 2330. The molecule has 0 saturated heterocycles. The van der Waals surface area contributed by atoms with E-state index < -0.39 is 101 Å². The minimum Gasteiger partial charge on any atom is -0.505 e. The third kappa shape index (κ3) is 7.98. The summed E-state index contributed by atoms with van der Waals surface area (Å²) in [6, 6.07) is 8.92. The van der Waals surface area contributed by atoms with Crippen molar-refractivity contribution in [2.24, 2.45) is 20.5 Å². The van der Waals surface area contributed by atoms with Crippen molar-refractivity contribution in [3.63, 3.8) is 0 Å². The number of azo groups is 2. The molecule has 0 bridgehead atoms. The SMILES string of the molecule is O=C(O)CNC(=O)c1ccc(N=Nc2c(S(=O)(=O)O)cc3cc(S(=O)(=O)O)c(N=Nc4ccc(Cl)cc4P(=O)(O)O)c(O)c3c2O)cc1. The van der Waals surface area contributed by atoms with Crippen LogP contribution in [0.25, 0.3) is 10.8 Å². The van der Waals surface area contributed by atoms with Gasteiger partial charge in [0.2, 0.25) is 0 Å². The molecule has 0 radical (unpaired) electrons. The molecule has 48 heavy (non-hydrogen) atoms. The van der Waals surface area contributed by atoms with Crippen LogP contribution in [0.4, 0.5) is 22.7 Å². The molecule has 19 nitrogen and oxygen atoms in total. The standard InChI is InChI=1S/C25H19ClN5O14PS2/c26-13-3-6-15(16(9-13)46(37,38)39)29-31-22-18(48(43,44)45)8-12-7-17(47(40,41)42)21(23(34)20(12)24(22)35)30-28-14-4-1-11(2-5-14)25(36)27-10-19(32)33/h1-9,34-35H,10H2,(H,27,36)(H,32,33)(H2,37,38,39)(H,40,41,42)(H,43,44,45). The maximum atomic E-state index is 12.2. The molecule has 0 heterocycles. The van der Waals surface area contributed by atoms with Crippen molar-refractivity contribution >= 4 is 90.1 Å². The van der Waals surface area contributed by atoms with Crippen LogP contribution in [-0.2, 0) is 29.6 Å². The van der Waals surface area contributed by atoms with Gasteiger partial charge in [-0.3, -0.25) is 23.3 Å². The van der Waals surface area contributed by atoms with Crippen LogP contribution in [0.2, 0.25) is 5.02 Å². The lowest BCUT2D eigenvalue weighted by Crippen LogP contribution is -2.29. The molecule has 4 aromatic rings. The third-order valence-corrected chi connectivity index (χ3v) is 9.07. The fraction of sp³-hybridized carbons (Fsp3) is 0.0400. The average Bonchev–Trinajstić information content (AvgIpc) is 2.97. The average molecular weight is 744 g/mol. The second-order valence-electron chi connectivity index (χ2n) is 9.39. The van der Waals surface area contributed by atoms with Gasteiger partial charge in [0.1, 0.15) is 33.4 Å². The molecule has 4 aromatic carbocycles. The first-order valence-electron chi connectivity index (χ1n) is 12.5. The van der Waals surface area contributed by atoms with Crippen molar-refractivity contribution in [2.75, 3.05) is 6.54 Å². The van der Waals surface area contributed by atoms with Gasteiger partial charge >= 0.3 is 13.6 Å². The quantitative estimate of drug-likeness (QED) is 0.0650. The van der Waals surface area contributed by atoms with Gasteiger partial charge in [0.25, 0.3) is 26.1 Å². The predicted molar refractivity (Wildman–Crippen MR) is 165 cm³/mol. The molecule has 23 heteroatoms. The minimum atomic E-state index is -5.31. The van der Waals surface area contributed by atoms with Crippen molar-refractivity contribution in [1.29, 1.82) is 0 Å². The summed E-state index contributed by atoms with van der Waals surface area (Å²) >= 11 is 5.79. The molecule has 252 valence electrons. The number of phenolic OH excluding ortho intramolecular Hbond substituents is 2. The number of rotatable bonds is 10. The second-order valence-corrected chi connectivity index (χ2v) is 14.2. The first-order valence-corrected chi connectivity index (χ1v) is 17.4. The minimum absolute atomic E-state index is 0.00940. The summed E-state index contributed by atoms with van der Waals surface area (Å²) in [6.45, 7) is -0.656. The predicted octanol–water partition coefficient (Wildman–Crippen LogP) is 3.85. The Labute approximate surface area is 273 Å². The third-order valence-electron chi connectivity index (χ3n) is 6.11. The number of carboxylic acids is 1. The Hall–Kier alpha value is -4.86. The Kier molecular flexibility index (Phi) is 10.00. The summed E-state index contributed by atoms with van der Waals surface area (Å²) in [6.07, 6.45) is 0. The molecule has 4 rings (SSSR count). The van der Waals surface area contributed by atoms with E-state index in [2.05, 4.69) is 25.8 Å². The maximum absolute atomic E-state index is 12.2. The van der Waals surface area contributed by atoms with Gasteiger partial charge in [-0.15, -0.1) is 15.3 Å². The van der Waals surface area contributed by atoms with Crippen LogP contribution in [0.5, 0.6) is 11.5 Å². The van der Waals surface area contributed by atoms with E-state index in [1.807, 2.05) is 0 Å². The molecule has 0 aliphatic carbocycles. The zero-order valence-electron chi connectivity index (χ0n) is 23.3. The highest BCUT2D eigenvalue weighted by molar-refractivity contribution is 7.86. The number of aromatic hydroxyl groups is 2. The summed E-state index contributed by atoms with van der Waals surface area (Å²) in [5, 5.41) is 45.2. The monoisotopic (exact) mass is 743 g/mol. The first-order chi connectivity index (χ1) is 22.2. The lowest BCUT2D eigenvalue weighted by Gasteiger charge is -2.13. The first kappa shape index (κ1) is 36.0. The van der Waals surface area contributed by atoms with Gasteiger partial charge in [-0.25, -0.2) is 0 Å². The zero-order valence-corrected chi connectivity index (χ0v) is 26.6. The van der Waals surface area contributed by atoms with E-state index in [4.69, 9.17) is 16.7 Å². The lowest BCUT2D eigenvalue weighted by molar-refractivity contribution is -0.135. The smallest absolute Gasteiger partial charge is 0.358 e. The molecule has 0 aromatic heterocycles. The lowest BCUT2D eigenvalue weighted by atomic mass is 10.1. The number of aliphatic carboxylic acids is 1. The van der Waals surface area contributed by atoms with Gasteiger partial charge in [-0.05, 0) is 60.0 Å². The Morgan fingerprint density at radius 2 is 1.31 bits per heavy atom. The molecule has 0 aliphatic rings. The summed E-state index contributed by atoms with van der Waals surface area (Å²) < 4.78 is 80.6. The molecule has 0 unspecified atom stereocenters. The topological polar surface area (TPSA) is 323 Å². The molecule has 0 fully saturated rings. The van der Waals surface area contributed by atoms with Crippen molar-refractivity contribution in [1.82, 2.24) is 5.32 Å². The molecule has 0 spiro atoms. The van der Waals surface area contributed by atoms with Crippen LogP contribution in [0.3, 0.4) is 0 Å². The number of phenols is 2. The summed E-state index contributed by atoms with van der Waals surface area (Å²) in [7, 11) is -15.6. The molecular weight excluding hydrogens is 725 g/mol. The van der Waals surface area contributed by atoms with Crippen LogP contribution in [0, 0.1) is 0 Å². The fourth-order valence-electron chi connectivity index (χ4n) is 4.01. The number of halogens is 1. The van der Waals surface area contributed by atoms with Crippen molar-refractivity contribution in [2.45, 2.75) is 9.79 Å². The van der Waals surface area contributed by atoms with E-state index in [0.717, 1.165) is 18.2 Å². The van der Waals surface area contributed by atoms with E-state index in [1.165, 1.54) is 24.3 Å². The molecule has 1 amide bonds. The molecular formula is C25H19ClN5O14PS2. The number of benzene rings is 4. The molecule has 0 atom stereocenters. The highest BCUT2D eigenvalue weighted by Crippen LogP contribution is 2.50. The Morgan fingerprint density at radius 1 is 0.792 bits per heavy atom. The number of nitrogens with zero attached hydrogens (tertiary/aromatic N) is 4. The largest absolute Gasteiger partial charge is 0.505 e. The van der Waals surface area contributed by atoms with E-state index in [-0.39, 0.29) is 16.3 Å². The fourth-order valence-corrected chi connectivity index (χ4v) is 6.30. The highest BCUT2D eigenvalue weighted by Gasteiger charge is 2.29. The Balaban J connectivity index is 1.91. The summed E-state index contributed by atoms with van der Waals surface area (Å²) in [4.78, 5) is 39.6. The van der Waals surface area contributed by atoms with Crippen molar-refractivity contribution < 1.29 is 65.2 Å². The number of hydrogen-bond acceptors (Lipinski definition) is 13. The second kappa shape index (κ2) is 13.3.